The Labute approximate surface area is 73.7 Å². The predicted molar refractivity (Wildman–Crippen MR) is 49.2 cm³/mol. The van der Waals surface area contributed by atoms with Gasteiger partial charge in [-0.15, -0.1) is 6.58 Å². The summed E-state index contributed by atoms with van der Waals surface area (Å²) in [6, 6.07) is 0.125. The molecule has 0 rings (SSSR count). The summed E-state index contributed by atoms with van der Waals surface area (Å²) in [6.45, 7) is 6.34. The summed E-state index contributed by atoms with van der Waals surface area (Å²) in [5.74, 6) is -0.738. The van der Waals surface area contributed by atoms with Crippen LogP contribution in [0.5, 0.6) is 0 Å². The number of carboxylic acid groups (broad SMARTS) is 1. The number of carbonyl (C=O) groups is 1. The highest BCUT2D eigenvalue weighted by atomic mass is 16.4. The minimum Gasteiger partial charge on any atom is -0.481 e. The van der Waals surface area contributed by atoms with Crippen molar-refractivity contribution >= 4 is 5.97 Å². The minimum absolute atomic E-state index is 0.125. The Kier molecular flexibility index (Phi) is 5.37. The number of nitrogens with zero attached hydrogens (tertiary/aromatic N) is 1. The Balaban J connectivity index is 3.94. The zero-order valence-corrected chi connectivity index (χ0v) is 7.79. The van der Waals surface area contributed by atoms with E-state index in [0.717, 1.165) is 13.0 Å². The first-order valence-electron chi connectivity index (χ1n) is 4.14. The molecule has 0 aliphatic heterocycles. The van der Waals surface area contributed by atoms with Crippen molar-refractivity contribution in [3.63, 3.8) is 0 Å². The molecule has 0 amide bonds. The molecule has 0 saturated carbocycles. The van der Waals surface area contributed by atoms with Gasteiger partial charge in [0.25, 0.3) is 0 Å². The van der Waals surface area contributed by atoms with Crippen molar-refractivity contribution < 1.29 is 9.90 Å². The fraction of sp³-hybridized carbons (Fsp3) is 0.667. The summed E-state index contributed by atoms with van der Waals surface area (Å²) in [5.41, 5.74) is 0. The van der Waals surface area contributed by atoms with Gasteiger partial charge in [0.15, 0.2) is 0 Å². The summed E-state index contributed by atoms with van der Waals surface area (Å²) in [6.07, 6.45) is 2.85. The van der Waals surface area contributed by atoms with Crippen molar-refractivity contribution in [3.8, 4) is 0 Å². The van der Waals surface area contributed by atoms with Crippen molar-refractivity contribution in [1.82, 2.24) is 4.90 Å². The van der Waals surface area contributed by atoms with Crippen LogP contribution in [-0.4, -0.2) is 35.6 Å². The lowest BCUT2D eigenvalue weighted by molar-refractivity contribution is -0.138. The van der Waals surface area contributed by atoms with Gasteiger partial charge in [0.05, 0.1) is 6.42 Å². The maximum atomic E-state index is 10.4. The van der Waals surface area contributed by atoms with Gasteiger partial charge in [-0.1, -0.05) is 13.0 Å². The fourth-order valence-corrected chi connectivity index (χ4v) is 1.17. The maximum Gasteiger partial charge on any atom is 0.304 e. The molecule has 0 bridgehead atoms. The number of rotatable bonds is 6. The van der Waals surface area contributed by atoms with E-state index < -0.39 is 5.97 Å². The third-order valence-electron chi connectivity index (χ3n) is 1.92. The first kappa shape index (κ1) is 11.2. The van der Waals surface area contributed by atoms with Gasteiger partial charge < -0.3 is 5.11 Å². The Morgan fingerprint density at radius 1 is 1.75 bits per heavy atom. The fourth-order valence-electron chi connectivity index (χ4n) is 1.17. The molecule has 0 aromatic heterocycles. The van der Waals surface area contributed by atoms with E-state index in [4.69, 9.17) is 5.11 Å². The standard InChI is InChI=1S/C9H17NO2/c1-4-6-10(3)8(5-2)7-9(11)12/h4,8H,1,5-7H2,2-3H3,(H,11,12). The molecule has 3 heteroatoms. The molecule has 0 heterocycles. The third-order valence-corrected chi connectivity index (χ3v) is 1.92. The van der Waals surface area contributed by atoms with Crippen LogP contribution in [0.15, 0.2) is 12.7 Å². The average molecular weight is 171 g/mol. The molecular formula is C9H17NO2. The van der Waals surface area contributed by atoms with Crippen LogP contribution in [0.4, 0.5) is 0 Å². The topological polar surface area (TPSA) is 40.5 Å². The molecular weight excluding hydrogens is 154 g/mol. The second-order valence-electron chi connectivity index (χ2n) is 2.89. The number of aliphatic carboxylic acids is 1. The van der Waals surface area contributed by atoms with Crippen molar-refractivity contribution in [2.45, 2.75) is 25.8 Å². The van der Waals surface area contributed by atoms with Crippen LogP contribution in [0.3, 0.4) is 0 Å². The minimum atomic E-state index is -0.738. The van der Waals surface area contributed by atoms with E-state index in [-0.39, 0.29) is 12.5 Å². The highest BCUT2D eigenvalue weighted by molar-refractivity contribution is 5.67. The molecule has 1 atom stereocenters. The quantitative estimate of drug-likeness (QED) is 0.613. The monoisotopic (exact) mass is 171 g/mol. The van der Waals surface area contributed by atoms with Crippen LogP contribution in [-0.2, 0) is 4.79 Å². The molecule has 0 fully saturated rings. The molecule has 3 nitrogen and oxygen atoms in total. The van der Waals surface area contributed by atoms with Crippen molar-refractivity contribution in [3.05, 3.63) is 12.7 Å². The molecule has 0 saturated heterocycles. The SMILES string of the molecule is C=CCN(C)C(CC)CC(=O)O. The van der Waals surface area contributed by atoms with Gasteiger partial charge in [-0.05, 0) is 13.5 Å². The zero-order chi connectivity index (χ0) is 9.56. The first-order valence-corrected chi connectivity index (χ1v) is 4.14. The van der Waals surface area contributed by atoms with Crippen molar-refractivity contribution in [2.24, 2.45) is 0 Å². The van der Waals surface area contributed by atoms with Gasteiger partial charge in [-0.2, -0.15) is 0 Å². The summed E-state index contributed by atoms with van der Waals surface area (Å²) in [5, 5.41) is 8.58. The lowest BCUT2D eigenvalue weighted by Gasteiger charge is -2.24. The zero-order valence-electron chi connectivity index (χ0n) is 7.79. The summed E-state index contributed by atoms with van der Waals surface area (Å²) in [7, 11) is 1.92. The van der Waals surface area contributed by atoms with E-state index in [0.29, 0.717) is 0 Å². The Morgan fingerprint density at radius 3 is 2.67 bits per heavy atom. The number of hydrogen-bond acceptors (Lipinski definition) is 2. The Morgan fingerprint density at radius 2 is 2.33 bits per heavy atom. The molecule has 0 aliphatic rings. The summed E-state index contributed by atoms with van der Waals surface area (Å²) >= 11 is 0. The smallest absolute Gasteiger partial charge is 0.304 e. The third kappa shape index (κ3) is 4.13. The van der Waals surface area contributed by atoms with Crippen LogP contribution in [0.2, 0.25) is 0 Å². The van der Waals surface area contributed by atoms with Crippen LogP contribution in [0, 0.1) is 0 Å². The van der Waals surface area contributed by atoms with Gasteiger partial charge in [0, 0.05) is 12.6 Å². The van der Waals surface area contributed by atoms with Crippen molar-refractivity contribution in [2.75, 3.05) is 13.6 Å². The number of carboxylic acids is 1. The molecule has 12 heavy (non-hydrogen) atoms. The van der Waals surface area contributed by atoms with Gasteiger partial charge >= 0.3 is 5.97 Å². The van der Waals surface area contributed by atoms with Crippen LogP contribution in [0.25, 0.3) is 0 Å². The van der Waals surface area contributed by atoms with E-state index in [1.165, 1.54) is 0 Å². The van der Waals surface area contributed by atoms with E-state index in [1.54, 1.807) is 6.08 Å². The lowest BCUT2D eigenvalue weighted by atomic mass is 10.1. The largest absolute Gasteiger partial charge is 0.481 e. The molecule has 0 spiro atoms. The van der Waals surface area contributed by atoms with E-state index in [1.807, 2.05) is 18.9 Å². The second-order valence-corrected chi connectivity index (χ2v) is 2.89. The van der Waals surface area contributed by atoms with Gasteiger partial charge in [-0.25, -0.2) is 0 Å². The molecule has 1 N–H and O–H groups in total. The van der Waals surface area contributed by atoms with E-state index in [9.17, 15) is 4.79 Å². The van der Waals surface area contributed by atoms with Crippen LogP contribution >= 0.6 is 0 Å². The normalized spacial score (nSPS) is 12.9. The van der Waals surface area contributed by atoms with Crippen LogP contribution < -0.4 is 0 Å². The number of likely N-dealkylation sites (N-methyl/N-ethyl adjacent to an activating group) is 1. The first-order chi connectivity index (χ1) is 5.61. The van der Waals surface area contributed by atoms with Gasteiger partial charge in [0.2, 0.25) is 0 Å². The highest BCUT2D eigenvalue weighted by Gasteiger charge is 2.14. The Bertz CT molecular complexity index is 157. The van der Waals surface area contributed by atoms with E-state index >= 15 is 0 Å². The average Bonchev–Trinajstić information content (AvgIpc) is 2.00. The molecule has 0 aromatic rings. The number of hydrogen-bond donors (Lipinski definition) is 1. The Hall–Kier alpha value is -0.830. The summed E-state index contributed by atoms with van der Waals surface area (Å²) in [4.78, 5) is 12.4. The summed E-state index contributed by atoms with van der Waals surface area (Å²) < 4.78 is 0. The van der Waals surface area contributed by atoms with Gasteiger partial charge in [0.1, 0.15) is 0 Å². The van der Waals surface area contributed by atoms with Gasteiger partial charge in [-0.3, -0.25) is 9.69 Å². The molecule has 1 unspecified atom stereocenters. The lowest BCUT2D eigenvalue weighted by Crippen LogP contribution is -2.33. The van der Waals surface area contributed by atoms with Crippen LogP contribution in [0.1, 0.15) is 19.8 Å². The van der Waals surface area contributed by atoms with Crippen molar-refractivity contribution in [1.29, 1.82) is 0 Å². The molecule has 70 valence electrons. The van der Waals surface area contributed by atoms with E-state index in [2.05, 4.69) is 6.58 Å². The maximum absolute atomic E-state index is 10.4. The molecule has 0 aromatic carbocycles. The second kappa shape index (κ2) is 5.77. The molecule has 0 radical (unpaired) electrons. The predicted octanol–water partition coefficient (Wildman–Crippen LogP) is 1.36. The highest BCUT2D eigenvalue weighted by Crippen LogP contribution is 2.05. The molecule has 0 aliphatic carbocycles.